The summed E-state index contributed by atoms with van der Waals surface area (Å²) >= 11 is 7.74. The van der Waals surface area contributed by atoms with Gasteiger partial charge in [0.1, 0.15) is 5.69 Å². The molecule has 2 aromatic rings. The van der Waals surface area contributed by atoms with Crippen molar-refractivity contribution in [2.75, 3.05) is 16.4 Å². The Kier molecular flexibility index (Phi) is 8.72. The van der Waals surface area contributed by atoms with Gasteiger partial charge >= 0.3 is 6.18 Å². The van der Waals surface area contributed by atoms with Crippen LogP contribution in [-0.4, -0.2) is 44.3 Å². The fraction of sp³-hybridized carbons (Fsp3) is 0.474. The van der Waals surface area contributed by atoms with Crippen molar-refractivity contribution < 1.29 is 22.8 Å². The first-order valence-corrected chi connectivity index (χ1v) is 10.8. The number of anilines is 1. The van der Waals surface area contributed by atoms with Crippen molar-refractivity contribution in [3.8, 4) is 5.69 Å². The number of rotatable bonds is 9. The molecule has 1 unspecified atom stereocenters. The van der Waals surface area contributed by atoms with Gasteiger partial charge in [-0.3, -0.25) is 14.6 Å². The maximum Gasteiger partial charge on any atom is 0.389 e. The van der Waals surface area contributed by atoms with Crippen LogP contribution < -0.4 is 4.90 Å². The van der Waals surface area contributed by atoms with Gasteiger partial charge in [0.25, 0.3) is 0 Å². The fourth-order valence-electron chi connectivity index (χ4n) is 2.63. The summed E-state index contributed by atoms with van der Waals surface area (Å²) in [7, 11) is 0. The second kappa shape index (κ2) is 10.8. The Morgan fingerprint density at radius 1 is 1.37 bits per heavy atom. The summed E-state index contributed by atoms with van der Waals surface area (Å²) in [5.74, 6) is -0.544. The molecule has 2 aromatic heterocycles. The van der Waals surface area contributed by atoms with Crippen molar-refractivity contribution in [1.82, 2.24) is 14.8 Å². The highest BCUT2D eigenvalue weighted by molar-refractivity contribution is 7.99. The van der Waals surface area contributed by atoms with Gasteiger partial charge in [-0.05, 0) is 24.3 Å². The van der Waals surface area contributed by atoms with E-state index in [9.17, 15) is 22.8 Å². The van der Waals surface area contributed by atoms with E-state index in [1.165, 1.54) is 28.8 Å². The summed E-state index contributed by atoms with van der Waals surface area (Å²) in [5.41, 5.74) is 0.591. The highest BCUT2D eigenvalue weighted by atomic mass is 35.5. The third-order valence-corrected chi connectivity index (χ3v) is 5.53. The summed E-state index contributed by atoms with van der Waals surface area (Å²) in [5, 5.41) is 4.01. The Hall–Kier alpha value is -2.07. The molecule has 0 aliphatic heterocycles. The van der Waals surface area contributed by atoms with Gasteiger partial charge in [0.05, 0.1) is 18.1 Å². The van der Waals surface area contributed by atoms with Gasteiger partial charge in [0.15, 0.2) is 5.15 Å². The van der Waals surface area contributed by atoms with Gasteiger partial charge < -0.3 is 0 Å². The molecular formula is C19H22ClF3N4O2S. The van der Waals surface area contributed by atoms with E-state index in [1.807, 2.05) is 6.92 Å². The maximum atomic E-state index is 13.0. The molecule has 0 saturated heterocycles. The van der Waals surface area contributed by atoms with Crippen LogP contribution in [0.3, 0.4) is 0 Å². The van der Waals surface area contributed by atoms with Gasteiger partial charge in [-0.1, -0.05) is 25.4 Å². The van der Waals surface area contributed by atoms with E-state index in [0.29, 0.717) is 11.4 Å². The highest BCUT2D eigenvalue weighted by Crippen LogP contribution is 2.30. The molecule has 0 aliphatic carbocycles. The Morgan fingerprint density at radius 3 is 2.70 bits per heavy atom. The standard InChI is InChI=1S/C19H22ClF3N4O2S/c1-3-30-12-13(2)18(29)27(16(28)7-4-8-19(21,22)23)15-11-26(25-17(15)20)14-6-5-9-24-10-14/h5-6,9-11,13H,3-4,7-8,12H2,1-2H3. The molecule has 0 spiro atoms. The third-order valence-electron chi connectivity index (χ3n) is 4.12. The maximum absolute atomic E-state index is 13.0. The predicted octanol–water partition coefficient (Wildman–Crippen LogP) is 4.90. The van der Waals surface area contributed by atoms with Crippen LogP contribution in [0.5, 0.6) is 0 Å². The number of carbonyl (C=O) groups excluding carboxylic acids is 2. The second-order valence-electron chi connectivity index (χ2n) is 6.56. The minimum Gasteiger partial charge on any atom is -0.274 e. The summed E-state index contributed by atoms with van der Waals surface area (Å²) in [6.45, 7) is 3.61. The van der Waals surface area contributed by atoms with E-state index in [4.69, 9.17) is 11.6 Å². The Morgan fingerprint density at radius 2 is 2.10 bits per heavy atom. The van der Waals surface area contributed by atoms with Crippen molar-refractivity contribution in [3.63, 3.8) is 0 Å². The smallest absolute Gasteiger partial charge is 0.274 e. The number of carbonyl (C=O) groups is 2. The molecule has 2 rings (SSSR count). The van der Waals surface area contributed by atoms with E-state index in [2.05, 4.69) is 10.1 Å². The Labute approximate surface area is 181 Å². The van der Waals surface area contributed by atoms with Gasteiger partial charge in [0, 0.05) is 30.7 Å². The number of imide groups is 1. The lowest BCUT2D eigenvalue weighted by Crippen LogP contribution is -2.41. The summed E-state index contributed by atoms with van der Waals surface area (Å²) in [6, 6.07) is 3.39. The molecular weight excluding hydrogens is 441 g/mol. The zero-order valence-electron chi connectivity index (χ0n) is 16.5. The molecule has 11 heteroatoms. The lowest BCUT2D eigenvalue weighted by Gasteiger charge is -2.23. The molecule has 6 nitrogen and oxygen atoms in total. The van der Waals surface area contributed by atoms with E-state index in [0.717, 1.165) is 10.7 Å². The van der Waals surface area contributed by atoms with Crippen molar-refractivity contribution in [1.29, 1.82) is 0 Å². The number of nitrogens with zero attached hydrogens (tertiary/aromatic N) is 4. The fourth-order valence-corrected chi connectivity index (χ4v) is 3.58. The van der Waals surface area contributed by atoms with Crippen molar-refractivity contribution in [2.24, 2.45) is 5.92 Å². The van der Waals surface area contributed by atoms with Crippen LogP contribution >= 0.6 is 23.4 Å². The minimum absolute atomic E-state index is 0.0378. The number of hydrogen-bond donors (Lipinski definition) is 0. The Balaban J connectivity index is 2.32. The van der Waals surface area contributed by atoms with Crippen molar-refractivity contribution in [2.45, 2.75) is 39.3 Å². The SMILES string of the molecule is CCSCC(C)C(=O)N(C(=O)CCCC(F)(F)F)c1cn(-c2cccnc2)nc1Cl. The first-order valence-electron chi connectivity index (χ1n) is 9.31. The molecule has 0 N–H and O–H groups in total. The monoisotopic (exact) mass is 462 g/mol. The number of thioether (sulfide) groups is 1. The largest absolute Gasteiger partial charge is 0.389 e. The first-order chi connectivity index (χ1) is 14.1. The molecule has 2 heterocycles. The van der Waals surface area contributed by atoms with Crippen LogP contribution in [0.15, 0.2) is 30.7 Å². The van der Waals surface area contributed by atoms with E-state index < -0.39 is 43.2 Å². The number of alkyl halides is 3. The minimum atomic E-state index is -4.37. The van der Waals surface area contributed by atoms with Gasteiger partial charge in [0.2, 0.25) is 11.8 Å². The molecule has 0 saturated carbocycles. The van der Waals surface area contributed by atoms with Gasteiger partial charge in [-0.2, -0.15) is 30.0 Å². The summed E-state index contributed by atoms with van der Waals surface area (Å²) in [4.78, 5) is 30.6. The zero-order valence-corrected chi connectivity index (χ0v) is 18.1. The van der Waals surface area contributed by atoms with Gasteiger partial charge in [-0.15, -0.1) is 0 Å². The number of aromatic nitrogens is 3. The third kappa shape index (κ3) is 6.73. The van der Waals surface area contributed by atoms with Crippen molar-refractivity contribution in [3.05, 3.63) is 35.9 Å². The number of amides is 2. The van der Waals surface area contributed by atoms with Gasteiger partial charge in [-0.25, -0.2) is 9.58 Å². The first kappa shape index (κ1) is 24.2. The predicted molar refractivity (Wildman–Crippen MR) is 111 cm³/mol. The number of pyridine rings is 1. The molecule has 1 atom stereocenters. The van der Waals surface area contributed by atoms with Crippen LogP contribution in [0.4, 0.5) is 18.9 Å². The van der Waals surface area contributed by atoms with Crippen LogP contribution in [-0.2, 0) is 9.59 Å². The van der Waals surface area contributed by atoms with Crippen LogP contribution in [0.2, 0.25) is 5.15 Å². The Bertz CT molecular complexity index is 861. The van der Waals surface area contributed by atoms with Crippen LogP contribution in [0, 0.1) is 5.92 Å². The molecule has 2 amide bonds. The number of hydrogen-bond acceptors (Lipinski definition) is 5. The normalized spacial score (nSPS) is 12.6. The topological polar surface area (TPSA) is 68.1 Å². The molecule has 164 valence electrons. The number of halogens is 4. The molecule has 0 bridgehead atoms. The summed E-state index contributed by atoms with van der Waals surface area (Å²) in [6.07, 6.45) is -1.84. The van der Waals surface area contributed by atoms with Crippen LogP contribution in [0.25, 0.3) is 5.69 Å². The molecule has 0 aliphatic rings. The molecule has 0 fully saturated rings. The highest BCUT2D eigenvalue weighted by Gasteiger charge is 2.32. The quantitative estimate of drug-likeness (QED) is 0.530. The van der Waals surface area contributed by atoms with E-state index in [-0.39, 0.29) is 10.8 Å². The lowest BCUT2D eigenvalue weighted by molar-refractivity contribution is -0.137. The average molecular weight is 463 g/mol. The zero-order chi connectivity index (χ0) is 22.3. The van der Waals surface area contributed by atoms with Crippen LogP contribution in [0.1, 0.15) is 33.1 Å². The van der Waals surface area contributed by atoms with E-state index in [1.54, 1.807) is 25.3 Å². The molecule has 0 radical (unpaired) electrons. The van der Waals surface area contributed by atoms with Crippen molar-refractivity contribution >= 4 is 40.9 Å². The average Bonchev–Trinajstić information content (AvgIpc) is 3.07. The lowest BCUT2D eigenvalue weighted by atomic mass is 10.1. The second-order valence-corrected chi connectivity index (χ2v) is 8.23. The van der Waals surface area contributed by atoms with E-state index >= 15 is 0 Å². The molecule has 30 heavy (non-hydrogen) atoms. The summed E-state index contributed by atoms with van der Waals surface area (Å²) < 4.78 is 38.8. The molecule has 0 aromatic carbocycles.